The Kier molecular flexibility index (Phi) is 5.48. The van der Waals surface area contributed by atoms with Gasteiger partial charge in [0, 0.05) is 50.6 Å². The molecule has 0 amide bonds. The number of piperazine rings is 1. The molecule has 4 aliphatic rings. The number of alkyl halides is 1. The molecule has 5 heterocycles. The van der Waals surface area contributed by atoms with Gasteiger partial charge in [-0.05, 0) is 19.4 Å². The molecule has 3 saturated heterocycles. The van der Waals surface area contributed by atoms with E-state index in [9.17, 15) is 4.39 Å². The monoisotopic (exact) mass is 416 g/mol. The maximum Gasteiger partial charge on any atom is 0.318 e. The van der Waals surface area contributed by atoms with E-state index in [4.69, 9.17) is 24.7 Å². The van der Waals surface area contributed by atoms with Crippen molar-refractivity contribution in [2.24, 2.45) is 0 Å². The van der Waals surface area contributed by atoms with Gasteiger partial charge in [-0.15, -0.1) is 0 Å². The van der Waals surface area contributed by atoms with Gasteiger partial charge in [0.2, 0.25) is 0 Å². The quantitative estimate of drug-likeness (QED) is 0.766. The summed E-state index contributed by atoms with van der Waals surface area (Å²) in [4.78, 5) is 13.9. The maximum absolute atomic E-state index is 14.1. The molecule has 0 saturated carbocycles. The Hall–Kier alpha value is -2.02. The summed E-state index contributed by atoms with van der Waals surface area (Å²) in [6.07, 6.45) is 3.01. The molecule has 1 N–H and O–H groups in total. The minimum atomic E-state index is -0.774. The van der Waals surface area contributed by atoms with Crippen molar-refractivity contribution in [3.63, 3.8) is 0 Å². The summed E-state index contributed by atoms with van der Waals surface area (Å²) in [7, 11) is 0. The normalized spacial score (nSPS) is 31.3. The minimum absolute atomic E-state index is 0.120. The molecule has 9 heteroatoms. The third-order valence-corrected chi connectivity index (χ3v) is 6.90. The molecule has 4 aliphatic heterocycles. The summed E-state index contributed by atoms with van der Waals surface area (Å²) in [5.41, 5.74) is 1.79. The average Bonchev–Trinajstić information content (AvgIpc) is 3.28. The fourth-order valence-corrected chi connectivity index (χ4v) is 5.43. The lowest BCUT2D eigenvalue weighted by molar-refractivity contribution is 0.100. The topological polar surface area (TPSA) is 86.5 Å². The zero-order valence-electron chi connectivity index (χ0n) is 17.3. The Balaban J connectivity index is 1.38. The van der Waals surface area contributed by atoms with Crippen molar-refractivity contribution >= 4 is 5.82 Å². The van der Waals surface area contributed by atoms with Gasteiger partial charge in [0.1, 0.15) is 18.6 Å². The first-order valence-electron chi connectivity index (χ1n) is 11.0. The average molecular weight is 417 g/mol. The number of aromatic nitrogens is 2. The lowest BCUT2D eigenvalue weighted by Crippen LogP contribution is -2.51. The zero-order valence-corrected chi connectivity index (χ0v) is 17.3. The van der Waals surface area contributed by atoms with Crippen LogP contribution in [0.15, 0.2) is 0 Å². The van der Waals surface area contributed by atoms with E-state index in [2.05, 4.69) is 21.2 Å². The summed E-state index contributed by atoms with van der Waals surface area (Å²) >= 11 is 0. The predicted molar refractivity (Wildman–Crippen MR) is 108 cm³/mol. The lowest BCUT2D eigenvalue weighted by atomic mass is 9.95. The lowest BCUT2D eigenvalue weighted by Gasteiger charge is -2.36. The summed E-state index contributed by atoms with van der Waals surface area (Å²) < 4.78 is 25.9. The van der Waals surface area contributed by atoms with E-state index in [0.29, 0.717) is 45.2 Å². The molecule has 0 unspecified atom stereocenters. The van der Waals surface area contributed by atoms with Crippen LogP contribution in [0.5, 0.6) is 6.01 Å². The van der Waals surface area contributed by atoms with Crippen LogP contribution in [0.2, 0.25) is 0 Å². The molecule has 8 nitrogen and oxygen atoms in total. The van der Waals surface area contributed by atoms with Crippen LogP contribution in [0, 0.1) is 11.3 Å². The van der Waals surface area contributed by atoms with Crippen LogP contribution in [-0.2, 0) is 17.8 Å². The van der Waals surface area contributed by atoms with E-state index in [1.807, 2.05) is 0 Å². The van der Waals surface area contributed by atoms with Crippen molar-refractivity contribution in [3.8, 4) is 12.1 Å². The van der Waals surface area contributed by atoms with Crippen molar-refractivity contribution in [1.29, 1.82) is 5.26 Å². The van der Waals surface area contributed by atoms with Gasteiger partial charge in [-0.25, -0.2) is 4.39 Å². The molecule has 5 rings (SSSR count). The van der Waals surface area contributed by atoms with Crippen LogP contribution in [0.1, 0.15) is 36.9 Å². The van der Waals surface area contributed by atoms with Crippen molar-refractivity contribution in [2.45, 2.75) is 56.5 Å². The molecular weight excluding hydrogens is 387 g/mol. The van der Waals surface area contributed by atoms with Crippen LogP contribution >= 0.6 is 0 Å². The van der Waals surface area contributed by atoms with E-state index in [1.165, 1.54) is 0 Å². The second-order valence-electron chi connectivity index (χ2n) is 8.88. The molecule has 0 aromatic carbocycles. The molecule has 162 valence electrons. The zero-order chi connectivity index (χ0) is 20.6. The SMILES string of the molecule is N#CC[C@H]1CN(c2nc(OC[C@@]34CCCN3C[C@H](F)C4)nc3c2COCC3)CCN1. The predicted octanol–water partition coefficient (Wildman–Crippen LogP) is 1.20. The van der Waals surface area contributed by atoms with Gasteiger partial charge in [-0.3, -0.25) is 4.90 Å². The van der Waals surface area contributed by atoms with E-state index < -0.39 is 6.17 Å². The van der Waals surface area contributed by atoms with E-state index in [0.717, 1.165) is 62.5 Å². The molecular formula is C21H29FN6O2. The van der Waals surface area contributed by atoms with Crippen LogP contribution < -0.4 is 15.0 Å². The summed E-state index contributed by atoms with van der Waals surface area (Å²) in [5, 5.41) is 12.5. The van der Waals surface area contributed by atoms with Gasteiger partial charge < -0.3 is 19.7 Å². The highest BCUT2D eigenvalue weighted by Crippen LogP contribution is 2.40. The molecule has 3 atom stereocenters. The highest BCUT2D eigenvalue weighted by molar-refractivity contribution is 5.51. The third kappa shape index (κ3) is 3.72. The number of halogens is 1. The molecule has 1 aromatic rings. The number of hydrogen-bond donors (Lipinski definition) is 1. The summed E-state index contributed by atoms with van der Waals surface area (Å²) in [6.45, 7) is 5.36. The van der Waals surface area contributed by atoms with Crippen molar-refractivity contribution in [1.82, 2.24) is 20.2 Å². The second kappa shape index (κ2) is 8.25. The van der Waals surface area contributed by atoms with Crippen LogP contribution in [0.4, 0.5) is 10.2 Å². The van der Waals surface area contributed by atoms with Crippen molar-refractivity contribution in [3.05, 3.63) is 11.3 Å². The number of nitrogens with zero attached hydrogens (tertiary/aromatic N) is 5. The molecule has 3 fully saturated rings. The minimum Gasteiger partial charge on any atom is -0.461 e. The van der Waals surface area contributed by atoms with Gasteiger partial charge >= 0.3 is 6.01 Å². The first-order chi connectivity index (χ1) is 14.7. The largest absolute Gasteiger partial charge is 0.461 e. The third-order valence-electron chi connectivity index (χ3n) is 6.90. The van der Waals surface area contributed by atoms with Gasteiger partial charge in [0.05, 0.1) is 36.9 Å². The first kappa shape index (κ1) is 19.9. The molecule has 0 spiro atoms. The molecule has 1 aromatic heterocycles. The molecule has 0 bridgehead atoms. The number of nitrogens with one attached hydrogen (secondary N) is 1. The van der Waals surface area contributed by atoms with Gasteiger partial charge in [0.15, 0.2) is 0 Å². The van der Waals surface area contributed by atoms with Gasteiger partial charge in [0.25, 0.3) is 0 Å². The second-order valence-corrected chi connectivity index (χ2v) is 8.88. The Morgan fingerprint density at radius 3 is 3.17 bits per heavy atom. The van der Waals surface area contributed by atoms with E-state index in [-0.39, 0.29) is 11.6 Å². The van der Waals surface area contributed by atoms with Gasteiger partial charge in [-0.2, -0.15) is 15.2 Å². The Labute approximate surface area is 176 Å². The number of rotatable bonds is 5. The Bertz CT molecular complexity index is 832. The molecule has 0 radical (unpaired) electrons. The van der Waals surface area contributed by atoms with Crippen LogP contribution in [0.3, 0.4) is 0 Å². The smallest absolute Gasteiger partial charge is 0.318 e. The first-order valence-corrected chi connectivity index (χ1v) is 11.0. The number of anilines is 1. The fourth-order valence-electron chi connectivity index (χ4n) is 5.43. The highest BCUT2D eigenvalue weighted by Gasteiger charge is 2.49. The number of nitriles is 1. The number of hydrogen-bond acceptors (Lipinski definition) is 8. The van der Waals surface area contributed by atoms with E-state index in [1.54, 1.807) is 0 Å². The molecule has 30 heavy (non-hydrogen) atoms. The van der Waals surface area contributed by atoms with Crippen molar-refractivity contribution in [2.75, 3.05) is 50.8 Å². The van der Waals surface area contributed by atoms with Crippen molar-refractivity contribution < 1.29 is 13.9 Å². The molecule has 0 aliphatic carbocycles. The Morgan fingerprint density at radius 1 is 1.33 bits per heavy atom. The van der Waals surface area contributed by atoms with Crippen LogP contribution in [-0.4, -0.2) is 78.6 Å². The number of ether oxygens (including phenoxy) is 2. The van der Waals surface area contributed by atoms with Crippen LogP contribution in [0.25, 0.3) is 0 Å². The summed E-state index contributed by atoms with van der Waals surface area (Å²) in [6, 6.07) is 2.75. The standard InChI is InChI=1S/C21H29FN6O2/c22-15-10-21(4-1-7-28(21)11-15)14-30-20-25-18-3-9-29-13-17(18)19(26-20)27-8-6-24-16(12-27)2-5-23/h15-16,24H,1-4,6-14H2/t15-,16+,21+/m1/s1. The maximum atomic E-state index is 14.1. The van der Waals surface area contributed by atoms with Gasteiger partial charge in [-0.1, -0.05) is 0 Å². The van der Waals surface area contributed by atoms with E-state index >= 15 is 0 Å². The Morgan fingerprint density at radius 2 is 2.27 bits per heavy atom. The highest BCUT2D eigenvalue weighted by atomic mass is 19.1. The fraction of sp³-hybridized carbons (Fsp3) is 0.762. The number of fused-ring (bicyclic) bond motifs is 2. The summed E-state index contributed by atoms with van der Waals surface area (Å²) in [5.74, 6) is 0.856.